The molecule has 0 atom stereocenters. The monoisotopic (exact) mass is 252 g/mol. The molecule has 72 valence electrons. The van der Waals surface area contributed by atoms with Crippen LogP contribution in [0.5, 0.6) is 0 Å². The number of nitrogens with zero attached hydrogens (tertiary/aromatic N) is 3. The molecule has 2 N–H and O–H groups in total. The molecule has 0 aliphatic carbocycles. The fourth-order valence-electron chi connectivity index (χ4n) is 1.14. The first-order valence-electron chi connectivity index (χ1n) is 4.11. The van der Waals surface area contributed by atoms with E-state index in [1.165, 1.54) is 0 Å². The van der Waals surface area contributed by atoms with E-state index in [9.17, 15) is 0 Å². The van der Waals surface area contributed by atoms with Crippen molar-refractivity contribution >= 4 is 21.7 Å². The highest BCUT2D eigenvalue weighted by molar-refractivity contribution is 9.10. The molecule has 0 aromatic carbocycles. The van der Waals surface area contributed by atoms with Crippen LogP contribution in [0.25, 0.3) is 5.82 Å². The lowest BCUT2D eigenvalue weighted by molar-refractivity contribution is 0.845. The lowest BCUT2D eigenvalue weighted by Gasteiger charge is -1.99. The minimum Gasteiger partial charge on any atom is -0.381 e. The van der Waals surface area contributed by atoms with Crippen molar-refractivity contribution in [2.75, 3.05) is 5.73 Å². The summed E-state index contributed by atoms with van der Waals surface area (Å²) in [6.07, 6.45) is 1.79. The van der Waals surface area contributed by atoms with Crippen molar-refractivity contribution in [3.05, 3.63) is 34.6 Å². The van der Waals surface area contributed by atoms with E-state index in [1.54, 1.807) is 10.9 Å². The van der Waals surface area contributed by atoms with Gasteiger partial charge >= 0.3 is 0 Å². The van der Waals surface area contributed by atoms with Crippen molar-refractivity contribution in [1.29, 1.82) is 0 Å². The molecule has 2 heterocycles. The highest BCUT2D eigenvalue weighted by Gasteiger charge is 2.04. The van der Waals surface area contributed by atoms with Crippen LogP contribution in [0.4, 0.5) is 5.82 Å². The lowest BCUT2D eigenvalue weighted by Crippen LogP contribution is -1.99. The summed E-state index contributed by atoms with van der Waals surface area (Å²) in [7, 11) is 0. The molecule has 2 rings (SSSR count). The minimum absolute atomic E-state index is 0.466. The van der Waals surface area contributed by atoms with E-state index in [1.807, 2.05) is 25.1 Å². The highest BCUT2D eigenvalue weighted by Crippen LogP contribution is 2.18. The molecular weight excluding hydrogens is 244 g/mol. The summed E-state index contributed by atoms with van der Waals surface area (Å²) in [5, 5.41) is 4.11. The van der Waals surface area contributed by atoms with Crippen LogP contribution in [0.2, 0.25) is 0 Å². The van der Waals surface area contributed by atoms with E-state index in [2.05, 4.69) is 26.0 Å². The number of anilines is 1. The van der Waals surface area contributed by atoms with Crippen molar-refractivity contribution in [2.24, 2.45) is 0 Å². The second-order valence-electron chi connectivity index (χ2n) is 2.94. The average molecular weight is 253 g/mol. The molecule has 0 aliphatic heterocycles. The van der Waals surface area contributed by atoms with Gasteiger partial charge in [-0.2, -0.15) is 0 Å². The van der Waals surface area contributed by atoms with E-state index < -0.39 is 0 Å². The molecule has 0 amide bonds. The summed E-state index contributed by atoms with van der Waals surface area (Å²) in [5.41, 5.74) is 6.56. The number of hydrogen-bond acceptors (Lipinski definition) is 3. The smallest absolute Gasteiger partial charge is 0.160 e. The maximum atomic E-state index is 5.61. The quantitative estimate of drug-likeness (QED) is 0.844. The van der Waals surface area contributed by atoms with Crippen LogP contribution in [0.15, 0.2) is 28.9 Å². The Kier molecular flexibility index (Phi) is 2.25. The molecule has 0 aliphatic rings. The van der Waals surface area contributed by atoms with Crippen molar-refractivity contribution in [3.63, 3.8) is 0 Å². The number of hydrogen-bond donors (Lipinski definition) is 1. The molecule has 0 saturated carbocycles. The summed E-state index contributed by atoms with van der Waals surface area (Å²) < 4.78 is 2.42. The van der Waals surface area contributed by atoms with Gasteiger partial charge in [0.05, 0.1) is 4.47 Å². The first-order valence-corrected chi connectivity index (χ1v) is 4.91. The topological polar surface area (TPSA) is 56.7 Å². The average Bonchev–Trinajstić information content (AvgIpc) is 2.47. The van der Waals surface area contributed by atoms with Crippen LogP contribution < -0.4 is 5.73 Å². The van der Waals surface area contributed by atoms with Crippen LogP contribution >= 0.6 is 15.9 Å². The van der Waals surface area contributed by atoms with E-state index in [0.29, 0.717) is 5.82 Å². The SMILES string of the molecule is Cc1cccc(-n2cc(Br)c(N)n2)n1. The Morgan fingerprint density at radius 2 is 2.21 bits per heavy atom. The summed E-state index contributed by atoms with van der Waals surface area (Å²) in [6, 6.07) is 5.75. The number of aryl methyl sites for hydroxylation is 1. The van der Waals surface area contributed by atoms with Gasteiger partial charge in [0, 0.05) is 11.9 Å². The lowest BCUT2D eigenvalue weighted by atomic mass is 10.4. The molecule has 0 spiro atoms. The largest absolute Gasteiger partial charge is 0.381 e. The Morgan fingerprint density at radius 1 is 1.43 bits per heavy atom. The zero-order valence-corrected chi connectivity index (χ0v) is 9.19. The standard InChI is InChI=1S/C9H9BrN4/c1-6-3-2-4-8(12-6)14-5-7(10)9(11)13-14/h2-5H,1H3,(H2,11,13). The van der Waals surface area contributed by atoms with E-state index in [4.69, 9.17) is 5.73 Å². The summed E-state index contributed by atoms with van der Waals surface area (Å²) in [4.78, 5) is 4.32. The molecular formula is C9H9BrN4. The predicted octanol–water partition coefficient (Wildman–Crippen LogP) is 1.92. The Morgan fingerprint density at radius 3 is 2.79 bits per heavy atom. The number of pyridine rings is 1. The van der Waals surface area contributed by atoms with Crippen molar-refractivity contribution < 1.29 is 0 Å². The molecule has 0 saturated heterocycles. The van der Waals surface area contributed by atoms with Gasteiger partial charge < -0.3 is 5.73 Å². The van der Waals surface area contributed by atoms with Crippen molar-refractivity contribution in [2.45, 2.75) is 6.92 Å². The van der Waals surface area contributed by atoms with Crippen LogP contribution in [-0.4, -0.2) is 14.8 Å². The number of nitrogens with two attached hydrogens (primary N) is 1. The zero-order valence-electron chi connectivity index (χ0n) is 7.61. The van der Waals surface area contributed by atoms with Gasteiger partial charge in [0.1, 0.15) is 0 Å². The maximum absolute atomic E-state index is 5.61. The molecule has 0 fully saturated rings. The second-order valence-corrected chi connectivity index (χ2v) is 3.80. The number of rotatable bonds is 1. The van der Waals surface area contributed by atoms with Gasteiger partial charge in [-0.25, -0.2) is 9.67 Å². The van der Waals surface area contributed by atoms with Crippen molar-refractivity contribution in [3.8, 4) is 5.82 Å². The Hall–Kier alpha value is -1.36. The van der Waals surface area contributed by atoms with E-state index in [-0.39, 0.29) is 0 Å². The summed E-state index contributed by atoms with van der Waals surface area (Å²) in [6.45, 7) is 1.94. The molecule has 5 heteroatoms. The number of halogens is 1. The molecule has 0 radical (unpaired) electrons. The van der Waals surface area contributed by atoms with Gasteiger partial charge in [-0.1, -0.05) is 6.07 Å². The Balaban J connectivity index is 2.49. The highest BCUT2D eigenvalue weighted by atomic mass is 79.9. The van der Waals surface area contributed by atoms with Crippen LogP contribution in [-0.2, 0) is 0 Å². The fourth-order valence-corrected chi connectivity index (χ4v) is 1.41. The third-order valence-corrected chi connectivity index (χ3v) is 2.42. The molecule has 14 heavy (non-hydrogen) atoms. The Bertz CT molecular complexity index is 444. The summed E-state index contributed by atoms with van der Waals surface area (Å²) >= 11 is 3.30. The zero-order chi connectivity index (χ0) is 10.1. The normalized spacial score (nSPS) is 10.4. The molecule has 2 aromatic rings. The first-order chi connectivity index (χ1) is 6.66. The van der Waals surface area contributed by atoms with Crippen LogP contribution in [0.1, 0.15) is 5.69 Å². The molecule has 0 unspecified atom stereocenters. The first kappa shape index (κ1) is 9.21. The molecule has 4 nitrogen and oxygen atoms in total. The predicted molar refractivity (Wildman–Crippen MR) is 58.2 cm³/mol. The van der Waals surface area contributed by atoms with Gasteiger partial charge in [-0.3, -0.25) is 0 Å². The van der Waals surface area contributed by atoms with Gasteiger partial charge in [-0.05, 0) is 35.0 Å². The van der Waals surface area contributed by atoms with Gasteiger partial charge in [-0.15, -0.1) is 5.10 Å². The van der Waals surface area contributed by atoms with Crippen LogP contribution in [0, 0.1) is 6.92 Å². The third-order valence-electron chi connectivity index (χ3n) is 1.80. The second kappa shape index (κ2) is 3.42. The molecule has 2 aromatic heterocycles. The number of aromatic nitrogens is 3. The minimum atomic E-state index is 0.466. The van der Waals surface area contributed by atoms with E-state index >= 15 is 0 Å². The van der Waals surface area contributed by atoms with Crippen LogP contribution in [0.3, 0.4) is 0 Å². The third kappa shape index (κ3) is 1.63. The summed E-state index contributed by atoms with van der Waals surface area (Å²) in [5.74, 6) is 1.23. The molecule has 0 bridgehead atoms. The van der Waals surface area contributed by atoms with Gasteiger partial charge in [0.25, 0.3) is 0 Å². The fraction of sp³-hybridized carbons (Fsp3) is 0.111. The maximum Gasteiger partial charge on any atom is 0.160 e. The van der Waals surface area contributed by atoms with E-state index in [0.717, 1.165) is 16.0 Å². The number of nitrogen functional groups attached to an aromatic ring is 1. The van der Waals surface area contributed by atoms with Crippen molar-refractivity contribution in [1.82, 2.24) is 14.8 Å². The Labute approximate surface area is 89.9 Å². The van der Waals surface area contributed by atoms with Gasteiger partial charge in [0.15, 0.2) is 11.6 Å². The van der Waals surface area contributed by atoms with Gasteiger partial charge in [0.2, 0.25) is 0 Å².